The summed E-state index contributed by atoms with van der Waals surface area (Å²) in [4.78, 5) is 41.8. The summed E-state index contributed by atoms with van der Waals surface area (Å²) in [5.41, 5.74) is 1.06. The molecule has 8 aliphatic rings. The van der Waals surface area contributed by atoms with Gasteiger partial charge in [-0.25, -0.2) is 4.57 Å². The fourth-order valence-electron chi connectivity index (χ4n) is 11.1. The van der Waals surface area contributed by atoms with Gasteiger partial charge in [0.25, 0.3) is 0 Å². The average Bonchev–Trinajstić information content (AvgIpc) is 3.06. The van der Waals surface area contributed by atoms with Crippen LogP contribution in [0.2, 0.25) is 10.0 Å². The zero-order valence-electron chi connectivity index (χ0n) is 38.3. The molecule has 288 valence electrons. The Morgan fingerprint density at radius 3 is 1.44 bits per heavy atom. The molecule has 0 saturated heterocycles. The van der Waals surface area contributed by atoms with Gasteiger partial charge in [-0.05, 0) is 147 Å². The topological polar surface area (TPSA) is 176 Å². The molecule has 0 amide bonds. The summed E-state index contributed by atoms with van der Waals surface area (Å²) >= 11 is 12.3. The van der Waals surface area contributed by atoms with Gasteiger partial charge < -0.3 is 42.3 Å². The third-order valence-corrected chi connectivity index (χ3v) is 13.8. The van der Waals surface area contributed by atoms with Crippen LogP contribution < -0.4 is 137 Å². The number of halogens is 2. The third-order valence-electron chi connectivity index (χ3n) is 12.3. The SMILES string of the molecule is [2H]C([2H])([2H])OC(=C1C2CC3CC1CC(OCOC14CC5CC(C1)C(=C(OC([2H])([2H])[2H])c1ccc(Cl)c(OP(=O)(O)O)c1)C(C5)C4)(C3)C2)c1ccc(Cl)c(OP(=O)([O-])[O-])c1.[Na+].[Na+].[Na+].[Na+]. The second-order valence-electron chi connectivity index (χ2n) is 15.6. The van der Waals surface area contributed by atoms with Crippen LogP contribution >= 0.6 is 38.8 Å². The maximum Gasteiger partial charge on any atom is 1.00 e. The average molecular weight is 910 g/mol. The molecule has 20 heteroatoms. The monoisotopic (exact) mass is 908 g/mol. The predicted octanol–water partition coefficient (Wildman–Crippen LogP) is -4.75. The molecule has 0 aromatic heterocycles. The number of rotatable bonds is 12. The van der Waals surface area contributed by atoms with E-state index in [0.717, 1.165) is 49.7 Å². The number of ether oxygens (including phenoxy) is 4. The Morgan fingerprint density at radius 2 is 1.09 bits per heavy atom. The number of hydrogen-bond donors (Lipinski definition) is 2. The molecular weight excluding hydrogens is 861 g/mol. The number of allylic oxidation sites excluding steroid dienone is 2. The maximum atomic E-state index is 11.7. The van der Waals surface area contributed by atoms with Crippen molar-refractivity contribution >= 4 is 50.4 Å². The second kappa shape index (κ2) is 20.0. The molecule has 12 nitrogen and oxygen atoms in total. The summed E-state index contributed by atoms with van der Waals surface area (Å²) in [7, 11) is -16.1. The van der Waals surface area contributed by atoms with Gasteiger partial charge in [0.15, 0.2) is 5.75 Å². The minimum Gasteiger partial charge on any atom is -0.780 e. The molecule has 4 atom stereocenters. The number of phosphoric ester groups is 2. The Balaban J connectivity index is 0.00000218. The van der Waals surface area contributed by atoms with Crippen molar-refractivity contribution in [2.24, 2.45) is 35.5 Å². The van der Waals surface area contributed by atoms with Crippen molar-refractivity contribution in [3.8, 4) is 11.5 Å². The van der Waals surface area contributed by atoms with Crippen LogP contribution in [0.4, 0.5) is 0 Å². The van der Waals surface area contributed by atoms with Crippen LogP contribution in [-0.4, -0.2) is 41.9 Å². The Kier molecular flexibility index (Phi) is 15.0. The van der Waals surface area contributed by atoms with Gasteiger partial charge in [0, 0.05) is 11.1 Å². The summed E-state index contributed by atoms with van der Waals surface area (Å²) in [6.07, 6.45) is 7.13. The van der Waals surface area contributed by atoms with Crippen LogP contribution in [0.3, 0.4) is 0 Å². The van der Waals surface area contributed by atoms with Crippen molar-refractivity contribution in [1.29, 1.82) is 0 Å². The molecule has 0 radical (unpaired) electrons. The van der Waals surface area contributed by atoms with Crippen molar-refractivity contribution in [2.45, 2.75) is 75.4 Å². The summed E-state index contributed by atoms with van der Waals surface area (Å²) in [5, 5.41) is -0.205. The zero-order chi connectivity index (χ0) is 42.5. The molecule has 0 spiro atoms. The van der Waals surface area contributed by atoms with E-state index in [4.69, 9.17) is 54.9 Å². The fraction of sp³-hybridized carbons (Fsp3) is 0.568. The van der Waals surface area contributed by atoms with E-state index in [1.54, 1.807) is 6.07 Å². The standard InChI is InChI=1S/C37H44Cl2O12P2.4Na/c1-46-34(22-3-5-28(38)30(11-22)50-52(40,41)42)32-24-7-20-8-25(32)16-36(13-20,15-24)48-19-49-37-14-21-9-26(17-37)33(27(10-21)18-37)35(47-2)23-4-6-29(39)31(12-23)51-53(43,44)45;;;;/h3-6,11-12,20-21,24-27H,7-10,13-19H2,1-2H3,(H2,40,41,42)(H2,43,44,45);;;;/q;4*+1/p-2/i1D3,2D3;;;;. The second-order valence-corrected chi connectivity index (χ2v) is 18.7. The Bertz CT molecular complexity index is 2010. The van der Waals surface area contributed by atoms with Crippen molar-refractivity contribution in [2.75, 3.05) is 20.9 Å². The Hall–Kier alpha value is 1.92. The molecule has 2 N–H and O–H groups in total. The van der Waals surface area contributed by atoms with E-state index in [1.165, 1.54) is 30.3 Å². The number of hydrogen-bond acceptors (Lipinski definition) is 10. The molecule has 57 heavy (non-hydrogen) atoms. The molecule has 8 aliphatic carbocycles. The quantitative estimate of drug-likeness (QED) is 0.0903. The largest absolute Gasteiger partial charge is 1.00 e. The molecule has 0 heterocycles. The third kappa shape index (κ3) is 11.1. The van der Waals surface area contributed by atoms with Crippen molar-refractivity contribution in [1.82, 2.24) is 0 Å². The van der Waals surface area contributed by atoms with Crippen molar-refractivity contribution in [3.05, 3.63) is 68.7 Å². The maximum absolute atomic E-state index is 11.7. The van der Waals surface area contributed by atoms with Crippen LogP contribution in [0.25, 0.3) is 11.5 Å². The van der Waals surface area contributed by atoms with Gasteiger partial charge in [-0.15, -0.1) is 0 Å². The van der Waals surface area contributed by atoms with E-state index in [2.05, 4.69) is 4.52 Å². The summed E-state index contributed by atoms with van der Waals surface area (Å²) in [5.74, 6) is -0.272. The van der Waals surface area contributed by atoms with Gasteiger partial charge >= 0.3 is 126 Å². The van der Waals surface area contributed by atoms with Crippen molar-refractivity contribution < 1.29 is 183 Å². The molecule has 8 saturated carbocycles. The normalized spacial score (nSPS) is 32.3. The van der Waals surface area contributed by atoms with Crippen molar-refractivity contribution in [3.63, 3.8) is 0 Å². The molecule has 8 fully saturated rings. The van der Waals surface area contributed by atoms with Gasteiger partial charge in [0.2, 0.25) is 0 Å². The first-order valence-electron chi connectivity index (χ1n) is 20.6. The summed E-state index contributed by atoms with van der Waals surface area (Å²) in [6.45, 7) is 0.0241. The van der Waals surface area contributed by atoms with Crippen LogP contribution in [-0.2, 0) is 28.1 Å². The molecule has 2 aromatic carbocycles. The van der Waals surface area contributed by atoms with E-state index >= 15 is 0 Å². The van der Waals surface area contributed by atoms with E-state index in [1.807, 2.05) is 0 Å². The first kappa shape index (κ1) is 42.8. The molecule has 10 rings (SSSR count). The van der Waals surface area contributed by atoms with E-state index in [9.17, 15) is 28.7 Å². The first-order chi connectivity index (χ1) is 27.3. The number of methoxy groups -OCH3 is 2. The molecule has 8 bridgehead atoms. The van der Waals surface area contributed by atoms with Crippen LogP contribution in [0, 0.1) is 35.5 Å². The van der Waals surface area contributed by atoms with Gasteiger partial charge in [0.1, 0.15) is 31.9 Å². The van der Waals surface area contributed by atoms with Gasteiger partial charge in [-0.1, -0.05) is 23.2 Å². The molecule has 0 aliphatic heterocycles. The van der Waals surface area contributed by atoms with Crippen LogP contribution in [0.1, 0.15) is 83.6 Å². The predicted molar refractivity (Wildman–Crippen MR) is 191 cm³/mol. The first-order valence-corrected chi connectivity index (χ1v) is 21.3. The fourth-order valence-corrected chi connectivity index (χ4v) is 12.3. The number of phosphoric acid groups is 2. The molecular formula is C37H42Cl2Na4O12P2+2. The van der Waals surface area contributed by atoms with Crippen LogP contribution in [0.15, 0.2) is 47.5 Å². The number of benzene rings is 2. The van der Waals surface area contributed by atoms with E-state index < -0.39 is 46.7 Å². The van der Waals surface area contributed by atoms with Gasteiger partial charge in [-0.2, -0.15) is 0 Å². The van der Waals surface area contributed by atoms with Gasteiger partial charge in [-0.3, -0.25) is 9.79 Å². The van der Waals surface area contributed by atoms with E-state index in [0.29, 0.717) is 37.5 Å². The Labute approximate surface area is 440 Å². The summed E-state index contributed by atoms with van der Waals surface area (Å²) < 4.78 is 105. The van der Waals surface area contributed by atoms with E-state index in [-0.39, 0.29) is 187 Å². The Morgan fingerprint density at radius 1 is 0.702 bits per heavy atom. The van der Waals surface area contributed by atoms with Gasteiger partial charge in [0.05, 0.1) is 43.5 Å². The zero-order valence-corrected chi connectivity index (χ0v) is 43.6. The minimum absolute atomic E-state index is 0. The molecule has 4 unspecified atom stereocenters. The smallest absolute Gasteiger partial charge is 0.780 e. The summed E-state index contributed by atoms with van der Waals surface area (Å²) in [6, 6.07) is 8.25. The minimum atomic E-state index is -5.47. The van der Waals surface area contributed by atoms with Crippen LogP contribution in [0.5, 0.6) is 11.5 Å². The molecule has 2 aromatic rings.